The predicted octanol–water partition coefficient (Wildman–Crippen LogP) is 1.48. The molecule has 1 aromatic rings. The third-order valence-corrected chi connectivity index (χ3v) is 2.61. The summed E-state index contributed by atoms with van der Waals surface area (Å²) >= 11 is 0. The molecule has 0 saturated heterocycles. The highest BCUT2D eigenvalue weighted by atomic mass is 16.5. The van der Waals surface area contributed by atoms with Gasteiger partial charge in [-0.15, -0.1) is 0 Å². The van der Waals surface area contributed by atoms with Gasteiger partial charge in [0.2, 0.25) is 5.91 Å². The molecule has 19 heavy (non-hydrogen) atoms. The Balaban J connectivity index is 2.34. The minimum absolute atomic E-state index is 0.0167. The molecule has 1 rings (SSSR count). The van der Waals surface area contributed by atoms with Crippen LogP contribution in [0.1, 0.15) is 13.3 Å². The molecule has 5 heteroatoms. The fraction of sp³-hybridized carbons (Fsp3) is 0.429. The summed E-state index contributed by atoms with van der Waals surface area (Å²) in [5.74, 6) is 0.189. The summed E-state index contributed by atoms with van der Waals surface area (Å²) in [5, 5.41) is 0. The second kappa shape index (κ2) is 8.13. The second-order valence-electron chi connectivity index (χ2n) is 3.90. The van der Waals surface area contributed by atoms with Crippen LogP contribution in [0.5, 0.6) is 5.75 Å². The van der Waals surface area contributed by atoms with Crippen LogP contribution >= 0.6 is 0 Å². The number of esters is 1. The molecule has 0 unspecified atom stereocenters. The van der Waals surface area contributed by atoms with Crippen molar-refractivity contribution in [1.82, 2.24) is 4.90 Å². The number of methoxy groups -OCH3 is 1. The van der Waals surface area contributed by atoms with Crippen LogP contribution in [-0.2, 0) is 14.3 Å². The Morgan fingerprint density at radius 1 is 1.21 bits per heavy atom. The maximum atomic E-state index is 11.9. The normalized spacial score (nSPS) is 9.79. The first-order valence-corrected chi connectivity index (χ1v) is 6.19. The van der Waals surface area contributed by atoms with Crippen LogP contribution in [0, 0.1) is 0 Å². The van der Waals surface area contributed by atoms with Gasteiger partial charge in [-0.3, -0.25) is 9.59 Å². The first-order valence-electron chi connectivity index (χ1n) is 6.19. The summed E-state index contributed by atoms with van der Waals surface area (Å²) in [5.41, 5.74) is 0. The minimum atomic E-state index is -0.417. The monoisotopic (exact) mass is 265 g/mol. The van der Waals surface area contributed by atoms with Crippen molar-refractivity contribution in [2.24, 2.45) is 0 Å². The minimum Gasteiger partial charge on any atom is -0.493 e. The third kappa shape index (κ3) is 5.42. The number of hydrogen-bond acceptors (Lipinski definition) is 4. The van der Waals surface area contributed by atoms with E-state index in [0.717, 1.165) is 5.75 Å². The number of para-hydroxylation sites is 1. The summed E-state index contributed by atoms with van der Waals surface area (Å²) in [4.78, 5) is 24.4. The number of nitrogens with zero attached hydrogens (tertiary/aromatic N) is 1. The van der Waals surface area contributed by atoms with E-state index in [1.165, 1.54) is 12.0 Å². The lowest BCUT2D eigenvalue weighted by atomic mass is 10.3. The lowest BCUT2D eigenvalue weighted by Gasteiger charge is -2.19. The molecule has 104 valence electrons. The molecule has 0 spiro atoms. The van der Waals surface area contributed by atoms with Gasteiger partial charge in [0.05, 0.1) is 20.1 Å². The van der Waals surface area contributed by atoms with Gasteiger partial charge in [0.25, 0.3) is 0 Å². The van der Waals surface area contributed by atoms with E-state index in [9.17, 15) is 9.59 Å². The Morgan fingerprint density at radius 3 is 2.47 bits per heavy atom. The van der Waals surface area contributed by atoms with Crippen LogP contribution < -0.4 is 4.74 Å². The van der Waals surface area contributed by atoms with E-state index in [0.29, 0.717) is 13.2 Å². The maximum Gasteiger partial charge on any atom is 0.325 e. The van der Waals surface area contributed by atoms with Crippen LogP contribution in [-0.4, -0.2) is 43.6 Å². The largest absolute Gasteiger partial charge is 0.493 e. The van der Waals surface area contributed by atoms with E-state index in [-0.39, 0.29) is 18.9 Å². The molecule has 0 aromatic heterocycles. The van der Waals surface area contributed by atoms with Crippen LogP contribution in [0.25, 0.3) is 0 Å². The van der Waals surface area contributed by atoms with E-state index >= 15 is 0 Å². The molecule has 0 aliphatic rings. The summed E-state index contributed by atoms with van der Waals surface area (Å²) in [7, 11) is 1.30. The van der Waals surface area contributed by atoms with Crippen molar-refractivity contribution < 1.29 is 19.1 Å². The molecular formula is C14H19NO4. The molecule has 0 atom stereocenters. The number of benzene rings is 1. The number of amides is 1. The van der Waals surface area contributed by atoms with Crippen molar-refractivity contribution in [2.45, 2.75) is 13.3 Å². The van der Waals surface area contributed by atoms with Crippen molar-refractivity contribution in [2.75, 3.05) is 26.8 Å². The first kappa shape index (κ1) is 15.0. The second-order valence-corrected chi connectivity index (χ2v) is 3.90. The number of rotatable bonds is 7. The lowest BCUT2D eigenvalue weighted by molar-refractivity contribution is -0.147. The van der Waals surface area contributed by atoms with Gasteiger partial charge < -0.3 is 14.4 Å². The summed E-state index contributed by atoms with van der Waals surface area (Å²) in [6.45, 7) is 2.57. The van der Waals surface area contributed by atoms with Gasteiger partial charge in [0.15, 0.2) is 0 Å². The fourth-order valence-electron chi connectivity index (χ4n) is 1.53. The van der Waals surface area contributed by atoms with Gasteiger partial charge in [-0.1, -0.05) is 18.2 Å². The molecule has 0 fully saturated rings. The Labute approximate surface area is 113 Å². The molecule has 0 aliphatic carbocycles. The zero-order valence-electron chi connectivity index (χ0n) is 11.3. The van der Waals surface area contributed by atoms with Crippen LogP contribution in [0.15, 0.2) is 30.3 Å². The standard InChI is InChI=1S/C14H19NO4/c1-3-15(11-14(17)18-2)13(16)9-10-19-12-7-5-4-6-8-12/h4-8H,3,9-11H2,1-2H3. The van der Waals surface area contributed by atoms with Gasteiger partial charge in [0, 0.05) is 6.54 Å². The molecule has 0 radical (unpaired) electrons. The lowest BCUT2D eigenvalue weighted by Crippen LogP contribution is -2.36. The third-order valence-electron chi connectivity index (χ3n) is 2.61. The van der Waals surface area contributed by atoms with Crippen LogP contribution in [0.4, 0.5) is 0 Å². The number of carbonyl (C=O) groups is 2. The zero-order valence-corrected chi connectivity index (χ0v) is 11.3. The Morgan fingerprint density at radius 2 is 1.89 bits per heavy atom. The molecule has 0 bridgehead atoms. The quantitative estimate of drug-likeness (QED) is 0.701. The average molecular weight is 265 g/mol. The van der Waals surface area contributed by atoms with E-state index in [1.54, 1.807) is 0 Å². The molecule has 0 saturated carbocycles. The smallest absolute Gasteiger partial charge is 0.325 e. The Kier molecular flexibility index (Phi) is 6.43. The van der Waals surface area contributed by atoms with Crippen molar-refractivity contribution >= 4 is 11.9 Å². The molecular weight excluding hydrogens is 246 g/mol. The predicted molar refractivity (Wildman–Crippen MR) is 70.8 cm³/mol. The van der Waals surface area contributed by atoms with Gasteiger partial charge in [-0.05, 0) is 19.1 Å². The van der Waals surface area contributed by atoms with Gasteiger partial charge in [-0.25, -0.2) is 0 Å². The highest BCUT2D eigenvalue weighted by molar-refractivity contribution is 5.82. The van der Waals surface area contributed by atoms with Gasteiger partial charge >= 0.3 is 5.97 Å². The van der Waals surface area contributed by atoms with E-state index in [1.807, 2.05) is 37.3 Å². The highest BCUT2D eigenvalue weighted by Gasteiger charge is 2.15. The van der Waals surface area contributed by atoms with Crippen molar-refractivity contribution in [3.05, 3.63) is 30.3 Å². The van der Waals surface area contributed by atoms with Gasteiger partial charge in [0.1, 0.15) is 12.3 Å². The fourth-order valence-corrected chi connectivity index (χ4v) is 1.53. The summed E-state index contributed by atoms with van der Waals surface area (Å²) < 4.78 is 9.98. The Bertz CT molecular complexity index is 405. The maximum absolute atomic E-state index is 11.9. The van der Waals surface area contributed by atoms with Crippen molar-refractivity contribution in [3.8, 4) is 5.75 Å². The number of carbonyl (C=O) groups excluding carboxylic acids is 2. The topological polar surface area (TPSA) is 55.8 Å². The SMILES string of the molecule is CCN(CC(=O)OC)C(=O)CCOc1ccccc1. The van der Waals surface area contributed by atoms with E-state index in [2.05, 4.69) is 4.74 Å². The highest BCUT2D eigenvalue weighted by Crippen LogP contribution is 2.08. The number of likely N-dealkylation sites (N-methyl/N-ethyl adjacent to an activating group) is 1. The first-order chi connectivity index (χ1) is 9.17. The number of ether oxygens (including phenoxy) is 2. The molecule has 1 aromatic carbocycles. The summed E-state index contributed by atoms with van der Waals surface area (Å²) in [6.07, 6.45) is 0.236. The molecule has 0 heterocycles. The molecule has 1 amide bonds. The van der Waals surface area contributed by atoms with Crippen molar-refractivity contribution in [3.63, 3.8) is 0 Å². The van der Waals surface area contributed by atoms with E-state index in [4.69, 9.17) is 4.74 Å². The van der Waals surface area contributed by atoms with Crippen molar-refractivity contribution in [1.29, 1.82) is 0 Å². The molecule has 0 N–H and O–H groups in total. The van der Waals surface area contributed by atoms with E-state index < -0.39 is 5.97 Å². The Hall–Kier alpha value is -2.04. The average Bonchev–Trinajstić information content (AvgIpc) is 2.45. The molecule has 5 nitrogen and oxygen atoms in total. The van der Waals surface area contributed by atoms with Crippen LogP contribution in [0.3, 0.4) is 0 Å². The number of hydrogen-bond donors (Lipinski definition) is 0. The van der Waals surface area contributed by atoms with Crippen LogP contribution in [0.2, 0.25) is 0 Å². The van der Waals surface area contributed by atoms with Gasteiger partial charge in [-0.2, -0.15) is 0 Å². The summed E-state index contributed by atoms with van der Waals surface area (Å²) in [6, 6.07) is 9.29. The zero-order chi connectivity index (χ0) is 14.1. The molecule has 0 aliphatic heterocycles.